The number of fused-ring (bicyclic) bond motifs is 1. The Morgan fingerprint density at radius 2 is 1.92 bits per heavy atom. The predicted molar refractivity (Wildman–Crippen MR) is 96.7 cm³/mol. The Morgan fingerprint density at radius 1 is 1.15 bits per heavy atom. The van der Waals surface area contributed by atoms with E-state index in [4.69, 9.17) is 4.74 Å². The highest BCUT2D eigenvalue weighted by atomic mass is 19.1. The van der Waals surface area contributed by atoms with Gasteiger partial charge < -0.3 is 19.5 Å². The molecule has 3 heterocycles. The standard InChI is InChI=1S/C20H24FN3O2/c21-15-5-6-19-17(14-15)18(4-3-13-26-19)22-20(25)24-11-7-16(8-12-24)23-9-1-2-10-23/h1-2,5-6,9-10,14,16,18H,3-4,7-8,11-13H2,(H,22,25)/t18-/m0/s1. The van der Waals surface area contributed by atoms with Crippen LogP contribution in [0.25, 0.3) is 0 Å². The zero-order chi connectivity index (χ0) is 17.9. The summed E-state index contributed by atoms with van der Waals surface area (Å²) in [6.45, 7) is 2.05. The molecular formula is C20H24FN3O2. The monoisotopic (exact) mass is 357 g/mol. The fraction of sp³-hybridized carbons (Fsp3) is 0.450. The molecule has 1 fully saturated rings. The maximum Gasteiger partial charge on any atom is 0.317 e. The van der Waals surface area contributed by atoms with Crippen LogP contribution >= 0.6 is 0 Å². The molecular weight excluding hydrogens is 333 g/mol. The first kappa shape index (κ1) is 16.9. The first-order chi connectivity index (χ1) is 12.7. The molecule has 0 bridgehead atoms. The van der Waals surface area contributed by atoms with Crippen molar-refractivity contribution in [2.24, 2.45) is 0 Å². The van der Waals surface area contributed by atoms with Gasteiger partial charge in [-0.3, -0.25) is 0 Å². The summed E-state index contributed by atoms with van der Waals surface area (Å²) in [6, 6.07) is 8.76. The SMILES string of the molecule is O=C(N[C@H]1CCCOc2ccc(F)cc21)N1CCC(n2cccc2)CC1. The Labute approximate surface area is 152 Å². The van der Waals surface area contributed by atoms with Gasteiger partial charge in [0.05, 0.1) is 12.6 Å². The first-order valence-corrected chi connectivity index (χ1v) is 9.31. The van der Waals surface area contributed by atoms with Gasteiger partial charge in [-0.1, -0.05) is 0 Å². The number of aromatic nitrogens is 1. The van der Waals surface area contributed by atoms with Gasteiger partial charge in [0.25, 0.3) is 0 Å². The van der Waals surface area contributed by atoms with Gasteiger partial charge in [0, 0.05) is 37.1 Å². The molecule has 0 saturated carbocycles. The van der Waals surface area contributed by atoms with Crippen molar-refractivity contribution in [1.82, 2.24) is 14.8 Å². The third-order valence-corrected chi connectivity index (χ3v) is 5.34. The molecule has 2 amide bonds. The number of nitrogens with one attached hydrogen (secondary N) is 1. The number of ether oxygens (including phenoxy) is 1. The van der Waals surface area contributed by atoms with Crippen molar-refractivity contribution in [3.05, 3.63) is 54.1 Å². The van der Waals surface area contributed by atoms with Gasteiger partial charge in [-0.2, -0.15) is 0 Å². The van der Waals surface area contributed by atoms with E-state index >= 15 is 0 Å². The first-order valence-electron chi connectivity index (χ1n) is 9.31. The zero-order valence-electron chi connectivity index (χ0n) is 14.7. The molecule has 6 heteroatoms. The van der Waals surface area contributed by atoms with Crippen LogP contribution < -0.4 is 10.1 Å². The van der Waals surface area contributed by atoms with Gasteiger partial charge in [0.2, 0.25) is 0 Å². The number of piperidine rings is 1. The number of urea groups is 1. The number of rotatable bonds is 2. The quantitative estimate of drug-likeness (QED) is 0.886. The Balaban J connectivity index is 1.40. The average Bonchev–Trinajstić information content (AvgIpc) is 3.13. The molecule has 1 saturated heterocycles. The van der Waals surface area contributed by atoms with Crippen molar-refractivity contribution < 1.29 is 13.9 Å². The minimum atomic E-state index is -0.305. The number of carbonyl (C=O) groups excluding carboxylic acids is 1. The van der Waals surface area contributed by atoms with E-state index in [0.29, 0.717) is 18.4 Å². The van der Waals surface area contributed by atoms with Crippen LogP contribution in [0.2, 0.25) is 0 Å². The summed E-state index contributed by atoms with van der Waals surface area (Å²) in [7, 11) is 0. The average molecular weight is 357 g/mol. The third-order valence-electron chi connectivity index (χ3n) is 5.34. The molecule has 1 N–H and O–H groups in total. The molecule has 138 valence electrons. The lowest BCUT2D eigenvalue weighted by Crippen LogP contribution is -2.45. The largest absolute Gasteiger partial charge is 0.493 e. The molecule has 2 aliphatic rings. The fourth-order valence-electron chi connectivity index (χ4n) is 3.90. The van der Waals surface area contributed by atoms with E-state index in [-0.39, 0.29) is 17.9 Å². The van der Waals surface area contributed by atoms with E-state index in [2.05, 4.69) is 22.3 Å². The number of hydrogen-bond donors (Lipinski definition) is 1. The van der Waals surface area contributed by atoms with Crippen LogP contribution in [0.15, 0.2) is 42.7 Å². The summed E-state index contributed by atoms with van der Waals surface area (Å²) in [5, 5.41) is 3.10. The fourth-order valence-corrected chi connectivity index (χ4v) is 3.90. The van der Waals surface area contributed by atoms with E-state index < -0.39 is 0 Å². The van der Waals surface area contributed by atoms with Gasteiger partial charge in [-0.25, -0.2) is 9.18 Å². The molecule has 1 aromatic heterocycles. The Hall–Kier alpha value is -2.50. The minimum Gasteiger partial charge on any atom is -0.493 e. The number of hydrogen-bond acceptors (Lipinski definition) is 2. The highest BCUT2D eigenvalue weighted by molar-refractivity contribution is 5.75. The Kier molecular flexibility index (Phi) is 4.82. The summed E-state index contributed by atoms with van der Waals surface area (Å²) < 4.78 is 21.6. The number of carbonyl (C=O) groups is 1. The van der Waals surface area contributed by atoms with Crippen LogP contribution in [0.1, 0.15) is 43.3 Å². The molecule has 26 heavy (non-hydrogen) atoms. The van der Waals surface area contributed by atoms with Crippen LogP contribution in [0.3, 0.4) is 0 Å². The second-order valence-corrected chi connectivity index (χ2v) is 7.02. The predicted octanol–water partition coefficient (Wildman–Crippen LogP) is 3.89. The van der Waals surface area contributed by atoms with Gasteiger partial charge in [0.15, 0.2) is 0 Å². The molecule has 1 atom stereocenters. The molecule has 0 unspecified atom stereocenters. The number of likely N-dealkylation sites (tertiary alicyclic amines) is 1. The highest BCUT2D eigenvalue weighted by Gasteiger charge is 2.27. The van der Waals surface area contributed by atoms with Crippen LogP contribution in [-0.4, -0.2) is 35.2 Å². The van der Waals surface area contributed by atoms with Crippen molar-refractivity contribution in [1.29, 1.82) is 0 Å². The van der Waals surface area contributed by atoms with E-state index in [0.717, 1.165) is 44.3 Å². The normalized spacial score (nSPS) is 20.8. The third kappa shape index (κ3) is 3.54. The van der Waals surface area contributed by atoms with Crippen LogP contribution in [0, 0.1) is 5.82 Å². The van der Waals surface area contributed by atoms with Crippen molar-refractivity contribution >= 4 is 6.03 Å². The molecule has 2 aromatic rings. The molecule has 1 aromatic carbocycles. The smallest absolute Gasteiger partial charge is 0.317 e. The number of benzene rings is 1. The number of halogens is 1. The lowest BCUT2D eigenvalue weighted by atomic mass is 10.0. The lowest BCUT2D eigenvalue weighted by Gasteiger charge is -2.34. The summed E-state index contributed by atoms with van der Waals surface area (Å²) >= 11 is 0. The molecule has 5 nitrogen and oxygen atoms in total. The molecule has 2 aliphatic heterocycles. The van der Waals surface area contributed by atoms with Crippen molar-refractivity contribution in [2.45, 2.75) is 37.8 Å². The maximum absolute atomic E-state index is 13.7. The van der Waals surface area contributed by atoms with E-state index in [1.807, 2.05) is 17.0 Å². The lowest BCUT2D eigenvalue weighted by molar-refractivity contribution is 0.167. The zero-order valence-corrected chi connectivity index (χ0v) is 14.7. The Morgan fingerprint density at radius 3 is 2.69 bits per heavy atom. The summed E-state index contributed by atoms with van der Waals surface area (Å²) in [4.78, 5) is 14.6. The topological polar surface area (TPSA) is 46.5 Å². The van der Waals surface area contributed by atoms with Crippen molar-refractivity contribution in [2.75, 3.05) is 19.7 Å². The second kappa shape index (κ2) is 7.40. The van der Waals surface area contributed by atoms with Gasteiger partial charge >= 0.3 is 6.03 Å². The maximum atomic E-state index is 13.7. The minimum absolute atomic E-state index is 0.0712. The van der Waals surface area contributed by atoms with Gasteiger partial charge in [-0.05, 0) is 56.0 Å². The molecule has 0 spiro atoms. The van der Waals surface area contributed by atoms with E-state index in [1.54, 1.807) is 6.07 Å². The van der Waals surface area contributed by atoms with Crippen LogP contribution in [-0.2, 0) is 0 Å². The second-order valence-electron chi connectivity index (χ2n) is 7.02. The molecule has 0 radical (unpaired) electrons. The van der Waals surface area contributed by atoms with E-state index in [9.17, 15) is 9.18 Å². The summed E-state index contributed by atoms with van der Waals surface area (Å²) in [5.41, 5.74) is 0.734. The summed E-state index contributed by atoms with van der Waals surface area (Å²) in [5.74, 6) is 0.363. The number of amides is 2. The van der Waals surface area contributed by atoms with Crippen LogP contribution in [0.5, 0.6) is 5.75 Å². The van der Waals surface area contributed by atoms with Crippen molar-refractivity contribution in [3.8, 4) is 5.75 Å². The highest BCUT2D eigenvalue weighted by Crippen LogP contribution is 2.32. The van der Waals surface area contributed by atoms with Gasteiger partial charge in [-0.15, -0.1) is 0 Å². The Bertz CT molecular complexity index is 754. The van der Waals surface area contributed by atoms with Gasteiger partial charge in [0.1, 0.15) is 11.6 Å². The summed E-state index contributed by atoms with van der Waals surface area (Å²) in [6.07, 6.45) is 7.63. The van der Waals surface area contributed by atoms with Crippen molar-refractivity contribution in [3.63, 3.8) is 0 Å². The molecule has 0 aliphatic carbocycles. The van der Waals surface area contributed by atoms with Crippen LogP contribution in [0.4, 0.5) is 9.18 Å². The molecule has 4 rings (SSSR count). The van der Waals surface area contributed by atoms with E-state index in [1.165, 1.54) is 12.1 Å². The number of nitrogens with zero attached hydrogens (tertiary/aromatic N) is 2.